The van der Waals surface area contributed by atoms with Crippen molar-refractivity contribution in [2.45, 2.75) is 31.2 Å². The van der Waals surface area contributed by atoms with Gasteiger partial charge in [0.15, 0.2) is 0 Å². The average molecular weight is 259 g/mol. The van der Waals surface area contributed by atoms with Gasteiger partial charge in [-0.3, -0.25) is 4.79 Å². The van der Waals surface area contributed by atoms with Crippen LogP contribution in [0.1, 0.15) is 25.3 Å². The van der Waals surface area contributed by atoms with E-state index in [1.807, 2.05) is 17.0 Å². The van der Waals surface area contributed by atoms with Crippen molar-refractivity contribution >= 4 is 11.6 Å². The van der Waals surface area contributed by atoms with E-state index in [0.717, 1.165) is 31.6 Å². The fraction of sp³-hybridized carbons (Fsp3) is 0.533. The van der Waals surface area contributed by atoms with Crippen LogP contribution in [-0.2, 0) is 10.2 Å². The average Bonchev–Trinajstić information content (AvgIpc) is 3.21. The molecular formula is C15H21N3O. The summed E-state index contributed by atoms with van der Waals surface area (Å²) in [5.74, 6) is 0.147. The Hall–Kier alpha value is -1.39. The van der Waals surface area contributed by atoms with Crippen molar-refractivity contribution in [3.8, 4) is 0 Å². The van der Waals surface area contributed by atoms with Crippen LogP contribution in [-0.4, -0.2) is 31.6 Å². The Morgan fingerprint density at radius 1 is 1.42 bits per heavy atom. The van der Waals surface area contributed by atoms with Crippen molar-refractivity contribution in [3.63, 3.8) is 0 Å². The molecule has 0 radical (unpaired) electrons. The van der Waals surface area contributed by atoms with Crippen molar-refractivity contribution in [2.75, 3.05) is 24.5 Å². The van der Waals surface area contributed by atoms with E-state index in [9.17, 15) is 4.79 Å². The van der Waals surface area contributed by atoms with Crippen molar-refractivity contribution in [1.82, 2.24) is 5.32 Å². The topological polar surface area (TPSA) is 58.4 Å². The van der Waals surface area contributed by atoms with Gasteiger partial charge in [-0.1, -0.05) is 12.1 Å². The Morgan fingerprint density at radius 3 is 2.84 bits per heavy atom. The zero-order valence-corrected chi connectivity index (χ0v) is 11.4. The Bertz CT molecular complexity index is 494. The highest BCUT2D eigenvalue weighted by Crippen LogP contribution is 2.50. The first-order valence-corrected chi connectivity index (χ1v) is 7.01. The van der Waals surface area contributed by atoms with Gasteiger partial charge in [-0.15, -0.1) is 0 Å². The zero-order chi connectivity index (χ0) is 13.5. The number of nitrogens with one attached hydrogen (secondary N) is 1. The smallest absolute Gasteiger partial charge is 0.240 e. The molecule has 1 atom stereocenters. The summed E-state index contributed by atoms with van der Waals surface area (Å²) in [7, 11) is 0. The molecule has 1 aromatic carbocycles. The maximum atomic E-state index is 11.9. The number of rotatable bonds is 3. The fourth-order valence-electron chi connectivity index (χ4n) is 3.00. The molecule has 0 bridgehead atoms. The molecular weight excluding hydrogens is 238 g/mol. The lowest BCUT2D eigenvalue weighted by Crippen LogP contribution is -2.48. The molecule has 1 aliphatic carbocycles. The first-order chi connectivity index (χ1) is 9.13. The number of piperazine rings is 1. The molecule has 102 valence electrons. The van der Waals surface area contributed by atoms with E-state index in [1.54, 1.807) is 0 Å². The van der Waals surface area contributed by atoms with Gasteiger partial charge in [-0.05, 0) is 37.5 Å². The van der Waals surface area contributed by atoms with Crippen LogP contribution in [0, 0.1) is 0 Å². The van der Waals surface area contributed by atoms with Gasteiger partial charge in [0.05, 0.1) is 6.54 Å². The molecule has 1 aliphatic heterocycles. The van der Waals surface area contributed by atoms with Gasteiger partial charge >= 0.3 is 0 Å². The summed E-state index contributed by atoms with van der Waals surface area (Å²) < 4.78 is 0. The van der Waals surface area contributed by atoms with E-state index < -0.39 is 0 Å². The highest BCUT2D eigenvalue weighted by Gasteiger charge is 2.47. The lowest BCUT2D eigenvalue weighted by atomic mass is 9.89. The molecule has 3 N–H and O–H groups in total. The first-order valence-electron chi connectivity index (χ1n) is 7.01. The summed E-state index contributed by atoms with van der Waals surface area (Å²) in [6.07, 6.45) is 2.31. The van der Waals surface area contributed by atoms with Crippen LogP contribution in [0.3, 0.4) is 0 Å². The predicted octanol–water partition coefficient (Wildman–Crippen LogP) is 1.00. The largest absolute Gasteiger partial charge is 0.327 e. The molecule has 3 rings (SSSR count). The molecule has 1 aromatic rings. The number of amides is 1. The monoisotopic (exact) mass is 259 g/mol. The van der Waals surface area contributed by atoms with Crippen molar-refractivity contribution in [1.29, 1.82) is 0 Å². The molecule has 1 saturated heterocycles. The number of nitrogens with two attached hydrogens (primary N) is 1. The van der Waals surface area contributed by atoms with Crippen LogP contribution in [0.4, 0.5) is 5.69 Å². The Kier molecular flexibility index (Phi) is 3.07. The van der Waals surface area contributed by atoms with Gasteiger partial charge in [-0.2, -0.15) is 0 Å². The van der Waals surface area contributed by atoms with Crippen LogP contribution in [0.15, 0.2) is 24.3 Å². The van der Waals surface area contributed by atoms with Gasteiger partial charge in [0.1, 0.15) is 0 Å². The molecule has 4 heteroatoms. The summed E-state index contributed by atoms with van der Waals surface area (Å²) in [4.78, 5) is 13.8. The highest BCUT2D eigenvalue weighted by atomic mass is 16.2. The van der Waals surface area contributed by atoms with E-state index in [4.69, 9.17) is 5.73 Å². The maximum Gasteiger partial charge on any atom is 0.240 e. The van der Waals surface area contributed by atoms with Gasteiger partial charge < -0.3 is 16.0 Å². The Morgan fingerprint density at radius 2 is 2.21 bits per heavy atom. The Labute approximate surface area is 114 Å². The molecule has 1 heterocycles. The van der Waals surface area contributed by atoms with E-state index >= 15 is 0 Å². The molecule has 2 fully saturated rings. The number of hydrogen-bond donors (Lipinski definition) is 2. The molecule has 19 heavy (non-hydrogen) atoms. The SMILES string of the molecule is CC(N)C1(c2cccc(N3CCNCC3=O)c2)CC1. The predicted molar refractivity (Wildman–Crippen MR) is 76.2 cm³/mol. The molecule has 1 amide bonds. The van der Waals surface area contributed by atoms with Gasteiger partial charge in [-0.25, -0.2) is 0 Å². The van der Waals surface area contributed by atoms with Crippen LogP contribution in [0.2, 0.25) is 0 Å². The number of anilines is 1. The minimum atomic E-state index is 0.146. The van der Waals surface area contributed by atoms with E-state index in [2.05, 4.69) is 24.4 Å². The number of benzene rings is 1. The summed E-state index contributed by atoms with van der Waals surface area (Å²) in [6, 6.07) is 8.53. The number of carbonyl (C=O) groups excluding carboxylic acids is 1. The van der Waals surface area contributed by atoms with Crippen molar-refractivity contribution in [2.24, 2.45) is 5.73 Å². The third kappa shape index (κ3) is 2.15. The van der Waals surface area contributed by atoms with Crippen LogP contribution in [0.25, 0.3) is 0 Å². The minimum Gasteiger partial charge on any atom is -0.327 e. The van der Waals surface area contributed by atoms with Gasteiger partial charge in [0.25, 0.3) is 0 Å². The maximum absolute atomic E-state index is 11.9. The van der Waals surface area contributed by atoms with Crippen LogP contribution < -0.4 is 16.0 Å². The lowest BCUT2D eigenvalue weighted by Gasteiger charge is -2.29. The normalized spacial score (nSPS) is 23.3. The Balaban J connectivity index is 1.90. The van der Waals surface area contributed by atoms with Crippen molar-refractivity contribution < 1.29 is 4.79 Å². The quantitative estimate of drug-likeness (QED) is 0.851. The number of hydrogen-bond acceptors (Lipinski definition) is 3. The molecule has 2 aliphatic rings. The number of nitrogens with zero attached hydrogens (tertiary/aromatic N) is 1. The summed E-state index contributed by atoms with van der Waals surface area (Å²) in [5.41, 5.74) is 8.57. The van der Waals surface area contributed by atoms with Gasteiger partial charge in [0, 0.05) is 30.2 Å². The molecule has 1 unspecified atom stereocenters. The lowest BCUT2D eigenvalue weighted by molar-refractivity contribution is -0.118. The third-order valence-electron chi connectivity index (χ3n) is 4.48. The van der Waals surface area contributed by atoms with E-state index in [1.165, 1.54) is 5.56 Å². The fourth-order valence-corrected chi connectivity index (χ4v) is 3.00. The second-order valence-electron chi connectivity index (χ2n) is 5.72. The van der Waals surface area contributed by atoms with Gasteiger partial charge in [0.2, 0.25) is 5.91 Å². The standard InChI is InChI=1S/C15H21N3O/c1-11(16)15(5-6-15)12-3-2-4-13(9-12)18-8-7-17-10-14(18)19/h2-4,9,11,17H,5-8,10,16H2,1H3. The van der Waals surface area contributed by atoms with Crippen LogP contribution >= 0.6 is 0 Å². The van der Waals surface area contributed by atoms with E-state index in [0.29, 0.717) is 6.54 Å². The summed E-state index contributed by atoms with van der Waals surface area (Å²) >= 11 is 0. The molecule has 0 aromatic heterocycles. The molecule has 1 saturated carbocycles. The molecule has 0 spiro atoms. The first kappa shape index (κ1) is 12.6. The summed E-state index contributed by atoms with van der Waals surface area (Å²) in [6.45, 7) is 4.11. The highest BCUT2D eigenvalue weighted by molar-refractivity contribution is 5.95. The second-order valence-corrected chi connectivity index (χ2v) is 5.72. The zero-order valence-electron chi connectivity index (χ0n) is 11.4. The summed E-state index contributed by atoms with van der Waals surface area (Å²) in [5, 5.41) is 3.10. The molecule has 4 nitrogen and oxygen atoms in total. The van der Waals surface area contributed by atoms with Crippen molar-refractivity contribution in [3.05, 3.63) is 29.8 Å². The second kappa shape index (κ2) is 4.62. The van der Waals surface area contributed by atoms with E-state index in [-0.39, 0.29) is 17.4 Å². The van der Waals surface area contributed by atoms with Crippen LogP contribution in [0.5, 0.6) is 0 Å². The number of carbonyl (C=O) groups is 1. The third-order valence-corrected chi connectivity index (χ3v) is 4.48. The minimum absolute atomic E-state index is 0.146.